The van der Waals surface area contributed by atoms with Crippen molar-refractivity contribution in [2.45, 2.75) is 25.4 Å². The van der Waals surface area contributed by atoms with Gasteiger partial charge in [-0.2, -0.15) is 0 Å². The SMILES string of the molecule is CN(Cc1cc[nH]c1)S(=O)(=O)CC1CCCN1. The Morgan fingerprint density at radius 2 is 2.35 bits per heavy atom. The van der Waals surface area contributed by atoms with Gasteiger partial charge in [0.15, 0.2) is 0 Å². The van der Waals surface area contributed by atoms with Gasteiger partial charge in [0.05, 0.1) is 5.75 Å². The summed E-state index contributed by atoms with van der Waals surface area (Å²) < 4.78 is 25.6. The molecule has 1 unspecified atom stereocenters. The van der Waals surface area contributed by atoms with E-state index in [4.69, 9.17) is 0 Å². The molecule has 0 bridgehead atoms. The Kier molecular flexibility index (Phi) is 3.86. The van der Waals surface area contributed by atoms with Gasteiger partial charge in [-0.15, -0.1) is 0 Å². The van der Waals surface area contributed by atoms with E-state index in [-0.39, 0.29) is 11.8 Å². The fourth-order valence-electron chi connectivity index (χ4n) is 2.09. The van der Waals surface area contributed by atoms with E-state index in [0.717, 1.165) is 24.9 Å². The van der Waals surface area contributed by atoms with Crippen LogP contribution in [-0.4, -0.2) is 43.1 Å². The van der Waals surface area contributed by atoms with Gasteiger partial charge in [0.2, 0.25) is 10.0 Å². The molecule has 0 aliphatic carbocycles. The third kappa shape index (κ3) is 3.31. The Morgan fingerprint density at radius 1 is 1.53 bits per heavy atom. The average molecular weight is 257 g/mol. The number of H-pyrrole nitrogens is 1. The Morgan fingerprint density at radius 3 is 2.94 bits per heavy atom. The highest BCUT2D eigenvalue weighted by atomic mass is 32.2. The van der Waals surface area contributed by atoms with E-state index in [1.165, 1.54) is 4.31 Å². The smallest absolute Gasteiger partial charge is 0.215 e. The second kappa shape index (κ2) is 5.20. The minimum absolute atomic E-state index is 0.119. The van der Waals surface area contributed by atoms with Crippen molar-refractivity contribution in [1.82, 2.24) is 14.6 Å². The summed E-state index contributed by atoms with van der Waals surface area (Å²) in [5.41, 5.74) is 0.982. The lowest BCUT2D eigenvalue weighted by atomic mass is 10.3. The van der Waals surface area contributed by atoms with E-state index < -0.39 is 10.0 Å². The van der Waals surface area contributed by atoms with E-state index in [2.05, 4.69) is 10.3 Å². The van der Waals surface area contributed by atoms with Gasteiger partial charge < -0.3 is 10.3 Å². The molecule has 1 aromatic rings. The first kappa shape index (κ1) is 12.6. The fraction of sp³-hybridized carbons (Fsp3) is 0.636. The van der Waals surface area contributed by atoms with E-state index in [0.29, 0.717) is 6.54 Å². The lowest BCUT2D eigenvalue weighted by Crippen LogP contribution is -2.37. The zero-order valence-electron chi connectivity index (χ0n) is 10.0. The Bertz CT molecular complexity index is 435. The van der Waals surface area contributed by atoms with Crippen LogP contribution in [0.5, 0.6) is 0 Å². The van der Waals surface area contributed by atoms with E-state index in [1.54, 1.807) is 13.2 Å². The van der Waals surface area contributed by atoms with E-state index >= 15 is 0 Å². The summed E-state index contributed by atoms with van der Waals surface area (Å²) in [4.78, 5) is 2.93. The summed E-state index contributed by atoms with van der Waals surface area (Å²) in [5, 5.41) is 3.21. The molecule has 96 valence electrons. The molecule has 1 saturated heterocycles. The number of aromatic nitrogens is 1. The van der Waals surface area contributed by atoms with Crippen LogP contribution in [0.25, 0.3) is 0 Å². The Hall–Kier alpha value is -0.850. The molecule has 0 aromatic carbocycles. The Balaban J connectivity index is 1.94. The maximum Gasteiger partial charge on any atom is 0.215 e. The van der Waals surface area contributed by atoms with Crippen molar-refractivity contribution in [2.24, 2.45) is 0 Å². The summed E-state index contributed by atoms with van der Waals surface area (Å²) in [7, 11) is -1.53. The number of aromatic amines is 1. The monoisotopic (exact) mass is 257 g/mol. The lowest BCUT2D eigenvalue weighted by Gasteiger charge is -2.19. The van der Waals surface area contributed by atoms with Gasteiger partial charge in [-0.3, -0.25) is 0 Å². The minimum Gasteiger partial charge on any atom is -0.367 e. The quantitative estimate of drug-likeness (QED) is 0.808. The van der Waals surface area contributed by atoms with Crippen molar-refractivity contribution in [3.8, 4) is 0 Å². The molecule has 2 heterocycles. The molecular formula is C11H19N3O2S. The maximum atomic E-state index is 12.1. The van der Waals surface area contributed by atoms with Crippen LogP contribution in [0.4, 0.5) is 0 Å². The number of rotatable bonds is 5. The predicted octanol–water partition coefficient (Wildman–Crippen LogP) is 0.528. The average Bonchev–Trinajstić information content (AvgIpc) is 2.90. The molecule has 1 aromatic heterocycles. The number of nitrogens with zero attached hydrogens (tertiary/aromatic N) is 1. The molecule has 5 nitrogen and oxygen atoms in total. The topological polar surface area (TPSA) is 65.2 Å². The van der Waals surface area contributed by atoms with Gasteiger partial charge in [-0.1, -0.05) is 0 Å². The zero-order chi connectivity index (χ0) is 12.3. The lowest BCUT2D eigenvalue weighted by molar-refractivity contribution is 0.459. The molecule has 1 aliphatic heterocycles. The van der Waals surface area contributed by atoms with Crippen LogP contribution >= 0.6 is 0 Å². The van der Waals surface area contributed by atoms with Crippen LogP contribution in [0.15, 0.2) is 18.5 Å². The van der Waals surface area contributed by atoms with Crippen LogP contribution in [0.2, 0.25) is 0 Å². The molecule has 17 heavy (non-hydrogen) atoms. The van der Waals surface area contributed by atoms with Crippen LogP contribution in [-0.2, 0) is 16.6 Å². The third-order valence-corrected chi connectivity index (χ3v) is 5.02. The molecule has 0 spiro atoms. The van der Waals surface area contributed by atoms with Crippen LogP contribution in [0.1, 0.15) is 18.4 Å². The van der Waals surface area contributed by atoms with Crippen molar-refractivity contribution in [3.63, 3.8) is 0 Å². The summed E-state index contributed by atoms with van der Waals surface area (Å²) in [5.74, 6) is 0.202. The predicted molar refractivity (Wildman–Crippen MR) is 67.1 cm³/mol. The molecule has 1 aliphatic rings. The van der Waals surface area contributed by atoms with Gasteiger partial charge in [-0.25, -0.2) is 12.7 Å². The van der Waals surface area contributed by atoms with Crippen molar-refractivity contribution in [3.05, 3.63) is 24.0 Å². The number of sulfonamides is 1. The summed E-state index contributed by atoms with van der Waals surface area (Å²) in [6.45, 7) is 1.36. The van der Waals surface area contributed by atoms with Crippen LogP contribution in [0, 0.1) is 0 Å². The van der Waals surface area contributed by atoms with Crippen molar-refractivity contribution in [2.75, 3.05) is 19.3 Å². The summed E-state index contributed by atoms with van der Waals surface area (Å²) >= 11 is 0. The highest BCUT2D eigenvalue weighted by molar-refractivity contribution is 7.89. The highest BCUT2D eigenvalue weighted by Crippen LogP contribution is 2.12. The Labute approximate surface area is 102 Å². The standard InChI is InChI=1S/C11H19N3O2S/c1-14(8-10-4-6-12-7-10)17(15,16)9-11-3-2-5-13-11/h4,6-7,11-13H,2-3,5,8-9H2,1H3. The van der Waals surface area contributed by atoms with Crippen molar-refractivity contribution >= 4 is 10.0 Å². The minimum atomic E-state index is -3.16. The highest BCUT2D eigenvalue weighted by Gasteiger charge is 2.25. The first-order valence-corrected chi connectivity index (χ1v) is 7.48. The molecule has 0 saturated carbocycles. The van der Waals surface area contributed by atoms with E-state index in [9.17, 15) is 8.42 Å². The molecule has 1 fully saturated rings. The molecule has 0 amide bonds. The molecule has 1 atom stereocenters. The second-order valence-corrected chi connectivity index (χ2v) is 6.67. The normalized spacial score (nSPS) is 21.2. The molecule has 2 N–H and O–H groups in total. The van der Waals surface area contributed by atoms with Crippen LogP contribution < -0.4 is 5.32 Å². The van der Waals surface area contributed by atoms with Gasteiger partial charge in [0.1, 0.15) is 0 Å². The maximum absolute atomic E-state index is 12.1. The number of hydrogen-bond donors (Lipinski definition) is 2. The summed E-state index contributed by atoms with van der Waals surface area (Å²) in [6, 6.07) is 2.01. The summed E-state index contributed by atoms with van der Waals surface area (Å²) in [6.07, 6.45) is 5.65. The molecule has 2 rings (SSSR count). The second-order valence-electron chi connectivity index (χ2n) is 4.55. The molecule has 6 heteroatoms. The van der Waals surface area contributed by atoms with Gasteiger partial charge in [0.25, 0.3) is 0 Å². The fourth-order valence-corrected chi connectivity index (χ4v) is 3.49. The van der Waals surface area contributed by atoms with Crippen molar-refractivity contribution < 1.29 is 8.42 Å². The molecular weight excluding hydrogens is 238 g/mol. The van der Waals surface area contributed by atoms with Gasteiger partial charge >= 0.3 is 0 Å². The first-order chi connectivity index (χ1) is 8.08. The first-order valence-electron chi connectivity index (χ1n) is 5.87. The van der Waals surface area contributed by atoms with Crippen LogP contribution in [0.3, 0.4) is 0 Å². The van der Waals surface area contributed by atoms with E-state index in [1.807, 2.05) is 12.3 Å². The van der Waals surface area contributed by atoms with Gasteiger partial charge in [0, 0.05) is 32.0 Å². The third-order valence-electron chi connectivity index (χ3n) is 3.12. The van der Waals surface area contributed by atoms with Crippen molar-refractivity contribution in [1.29, 1.82) is 0 Å². The number of nitrogens with one attached hydrogen (secondary N) is 2. The zero-order valence-corrected chi connectivity index (χ0v) is 10.8. The molecule has 0 radical (unpaired) electrons. The largest absolute Gasteiger partial charge is 0.367 e. The van der Waals surface area contributed by atoms with Gasteiger partial charge in [-0.05, 0) is 31.0 Å². The number of hydrogen-bond acceptors (Lipinski definition) is 3.